The van der Waals surface area contributed by atoms with E-state index in [2.05, 4.69) is 33.0 Å². The monoisotopic (exact) mass is 366 g/mol. The van der Waals surface area contributed by atoms with E-state index in [1.54, 1.807) is 0 Å². The van der Waals surface area contributed by atoms with Crippen molar-refractivity contribution in [1.82, 2.24) is 8.75 Å². The molecular formula is C22H14N4S. The highest BCUT2D eigenvalue weighted by Crippen LogP contribution is 2.37. The molecule has 0 aliphatic heterocycles. The van der Waals surface area contributed by atoms with Gasteiger partial charge in [-0.15, -0.1) is 0 Å². The molecule has 1 aromatic heterocycles. The number of hydrogen-bond donors (Lipinski definition) is 0. The number of aromatic nitrogens is 2. The van der Waals surface area contributed by atoms with Crippen molar-refractivity contribution in [3.63, 3.8) is 0 Å². The molecule has 4 aromatic rings. The minimum atomic E-state index is 0.647. The summed E-state index contributed by atoms with van der Waals surface area (Å²) in [6.45, 7) is 4.00. The number of nitriles is 2. The Morgan fingerprint density at radius 2 is 1.07 bits per heavy atom. The summed E-state index contributed by atoms with van der Waals surface area (Å²) >= 11 is 1.19. The lowest BCUT2D eigenvalue weighted by molar-refractivity contribution is 1.41. The van der Waals surface area contributed by atoms with Gasteiger partial charge < -0.3 is 0 Å². The van der Waals surface area contributed by atoms with Gasteiger partial charge in [-0.3, -0.25) is 0 Å². The van der Waals surface area contributed by atoms with Gasteiger partial charge in [0.05, 0.1) is 35.0 Å². The molecule has 0 amide bonds. The molecule has 27 heavy (non-hydrogen) atoms. The molecule has 0 fully saturated rings. The van der Waals surface area contributed by atoms with Gasteiger partial charge in [0.15, 0.2) is 0 Å². The van der Waals surface area contributed by atoms with Crippen molar-refractivity contribution in [2.45, 2.75) is 13.8 Å². The Morgan fingerprint density at radius 1 is 0.667 bits per heavy atom. The average molecular weight is 366 g/mol. The van der Waals surface area contributed by atoms with Gasteiger partial charge in [-0.25, -0.2) is 0 Å². The summed E-state index contributed by atoms with van der Waals surface area (Å²) in [5.41, 5.74) is 9.19. The highest BCUT2D eigenvalue weighted by atomic mass is 32.1. The van der Waals surface area contributed by atoms with E-state index in [-0.39, 0.29) is 0 Å². The van der Waals surface area contributed by atoms with Crippen molar-refractivity contribution < 1.29 is 0 Å². The van der Waals surface area contributed by atoms with Crippen molar-refractivity contribution in [2.24, 2.45) is 0 Å². The Hall–Kier alpha value is -3.54. The van der Waals surface area contributed by atoms with E-state index in [1.807, 2.05) is 50.2 Å². The second-order valence-electron chi connectivity index (χ2n) is 6.41. The van der Waals surface area contributed by atoms with Crippen LogP contribution < -0.4 is 0 Å². The highest BCUT2D eigenvalue weighted by molar-refractivity contribution is 7.00. The van der Waals surface area contributed by atoms with Crippen molar-refractivity contribution in [3.8, 4) is 34.4 Å². The Kier molecular flexibility index (Phi) is 4.16. The maximum absolute atomic E-state index is 9.10. The number of benzene rings is 3. The molecule has 0 aliphatic rings. The van der Waals surface area contributed by atoms with Crippen LogP contribution >= 0.6 is 11.7 Å². The molecule has 4 nitrogen and oxygen atoms in total. The van der Waals surface area contributed by atoms with Gasteiger partial charge in [-0.05, 0) is 60.4 Å². The van der Waals surface area contributed by atoms with Gasteiger partial charge in [0.2, 0.25) is 0 Å². The van der Waals surface area contributed by atoms with Crippen LogP contribution in [0.1, 0.15) is 22.3 Å². The van der Waals surface area contributed by atoms with Gasteiger partial charge in [-0.2, -0.15) is 19.3 Å². The largest absolute Gasteiger partial charge is 0.192 e. The van der Waals surface area contributed by atoms with Crippen LogP contribution in [-0.2, 0) is 0 Å². The van der Waals surface area contributed by atoms with Crippen LogP contribution in [0.3, 0.4) is 0 Å². The average Bonchev–Trinajstić information content (AvgIpc) is 3.17. The van der Waals surface area contributed by atoms with Gasteiger partial charge >= 0.3 is 0 Å². The third-order valence-electron chi connectivity index (χ3n) is 4.71. The summed E-state index contributed by atoms with van der Waals surface area (Å²) in [7, 11) is 0. The lowest BCUT2D eigenvalue weighted by Gasteiger charge is -2.11. The van der Waals surface area contributed by atoms with E-state index in [1.165, 1.54) is 11.7 Å². The quantitative estimate of drug-likeness (QED) is 0.477. The minimum Gasteiger partial charge on any atom is -0.192 e. The van der Waals surface area contributed by atoms with Crippen LogP contribution in [0.4, 0.5) is 0 Å². The Labute approximate surface area is 161 Å². The Balaban J connectivity index is 1.92. The molecule has 0 aliphatic carbocycles. The van der Waals surface area contributed by atoms with Crippen LogP contribution in [0, 0.1) is 36.5 Å². The molecule has 5 heteroatoms. The van der Waals surface area contributed by atoms with E-state index >= 15 is 0 Å². The smallest absolute Gasteiger partial charge is 0.113 e. The van der Waals surface area contributed by atoms with Crippen LogP contribution in [0.2, 0.25) is 0 Å². The molecule has 0 bridgehead atoms. The zero-order valence-corrected chi connectivity index (χ0v) is 15.6. The SMILES string of the molecule is Cc1cc(C#N)ccc1-c1ccc(-c2ccc(C#N)cc2C)c2nsnc12. The zero-order valence-electron chi connectivity index (χ0n) is 14.8. The lowest BCUT2D eigenvalue weighted by Crippen LogP contribution is -1.91. The van der Waals surface area contributed by atoms with Crippen LogP contribution in [0.25, 0.3) is 33.3 Å². The molecule has 1 heterocycles. The number of aryl methyl sites for hydroxylation is 2. The number of fused-ring (bicyclic) bond motifs is 1. The predicted octanol–water partition coefficient (Wildman–Crippen LogP) is 5.39. The third-order valence-corrected chi connectivity index (χ3v) is 5.24. The van der Waals surface area contributed by atoms with Crippen molar-refractivity contribution in [2.75, 3.05) is 0 Å². The van der Waals surface area contributed by atoms with E-state index in [9.17, 15) is 0 Å². The molecule has 4 rings (SSSR count). The normalized spacial score (nSPS) is 10.5. The maximum atomic E-state index is 9.10. The van der Waals surface area contributed by atoms with E-state index in [0.717, 1.165) is 44.4 Å². The minimum absolute atomic E-state index is 0.647. The molecule has 0 radical (unpaired) electrons. The molecule has 0 saturated carbocycles. The van der Waals surface area contributed by atoms with Crippen molar-refractivity contribution in [1.29, 1.82) is 10.5 Å². The number of nitrogens with zero attached hydrogens (tertiary/aromatic N) is 4. The fourth-order valence-electron chi connectivity index (χ4n) is 3.37. The molecular weight excluding hydrogens is 352 g/mol. The first kappa shape index (κ1) is 16.9. The molecule has 128 valence electrons. The first-order chi connectivity index (χ1) is 13.1. The van der Waals surface area contributed by atoms with E-state index in [4.69, 9.17) is 10.5 Å². The topological polar surface area (TPSA) is 73.4 Å². The van der Waals surface area contributed by atoms with Crippen molar-refractivity contribution >= 4 is 22.8 Å². The number of rotatable bonds is 2. The molecule has 3 aromatic carbocycles. The van der Waals surface area contributed by atoms with Gasteiger partial charge in [0, 0.05) is 11.1 Å². The number of hydrogen-bond acceptors (Lipinski definition) is 5. The summed E-state index contributed by atoms with van der Waals surface area (Å²) in [5, 5.41) is 18.2. The van der Waals surface area contributed by atoms with E-state index in [0.29, 0.717) is 11.1 Å². The summed E-state index contributed by atoms with van der Waals surface area (Å²) in [5.74, 6) is 0. The first-order valence-electron chi connectivity index (χ1n) is 8.40. The fraction of sp³-hybridized carbons (Fsp3) is 0.0909. The van der Waals surface area contributed by atoms with Gasteiger partial charge in [0.25, 0.3) is 0 Å². The van der Waals surface area contributed by atoms with Gasteiger partial charge in [-0.1, -0.05) is 24.3 Å². The van der Waals surface area contributed by atoms with Crippen molar-refractivity contribution in [3.05, 3.63) is 70.8 Å². The second-order valence-corrected chi connectivity index (χ2v) is 6.93. The van der Waals surface area contributed by atoms with Crippen LogP contribution in [-0.4, -0.2) is 8.75 Å². The second kappa shape index (κ2) is 6.64. The molecule has 0 saturated heterocycles. The molecule has 0 unspecified atom stereocenters. The first-order valence-corrected chi connectivity index (χ1v) is 9.13. The van der Waals surface area contributed by atoms with Gasteiger partial charge in [0.1, 0.15) is 11.0 Å². The van der Waals surface area contributed by atoms with E-state index < -0.39 is 0 Å². The maximum Gasteiger partial charge on any atom is 0.113 e. The molecule has 0 atom stereocenters. The van der Waals surface area contributed by atoms with Crippen LogP contribution in [0.5, 0.6) is 0 Å². The molecule has 0 N–H and O–H groups in total. The van der Waals surface area contributed by atoms with Crippen LogP contribution in [0.15, 0.2) is 48.5 Å². The predicted molar refractivity (Wildman–Crippen MR) is 107 cm³/mol. The standard InChI is InChI=1S/C22H14N4S/c1-13-9-15(11-23)3-5-17(13)19-7-8-20(22-21(19)25-27-26-22)18-6-4-16(12-24)10-14(18)2/h3-10H,1-2H3. The summed E-state index contributed by atoms with van der Waals surface area (Å²) < 4.78 is 9.08. The highest BCUT2D eigenvalue weighted by Gasteiger charge is 2.16. The third kappa shape index (κ3) is 2.85. The molecule has 0 spiro atoms. The lowest BCUT2D eigenvalue weighted by atomic mass is 9.93. The summed E-state index contributed by atoms with van der Waals surface area (Å²) in [4.78, 5) is 0. The summed E-state index contributed by atoms with van der Waals surface area (Å²) in [6.07, 6.45) is 0. The Bertz CT molecular complexity index is 1170. The Morgan fingerprint density at radius 3 is 1.44 bits per heavy atom. The zero-order chi connectivity index (χ0) is 19.0. The summed E-state index contributed by atoms with van der Waals surface area (Å²) in [6, 6.07) is 19.8. The fourth-order valence-corrected chi connectivity index (χ4v) is 3.95.